The van der Waals surface area contributed by atoms with Gasteiger partial charge in [-0.2, -0.15) is 0 Å². The minimum absolute atomic E-state index is 0.0176. The van der Waals surface area contributed by atoms with Gasteiger partial charge in [-0.15, -0.1) is 0 Å². The SMILES string of the molecule is Cc1cccc(C)c1C(=O)N[C@H](c1cncnc1)C12CCC(CC1)N2. The van der Waals surface area contributed by atoms with E-state index in [-0.39, 0.29) is 17.5 Å². The maximum Gasteiger partial charge on any atom is 0.252 e. The van der Waals surface area contributed by atoms with Gasteiger partial charge in [0.2, 0.25) is 0 Å². The van der Waals surface area contributed by atoms with Gasteiger partial charge in [-0.1, -0.05) is 18.2 Å². The Morgan fingerprint density at radius 3 is 2.40 bits per heavy atom. The van der Waals surface area contributed by atoms with Gasteiger partial charge in [-0.05, 0) is 50.7 Å². The molecule has 1 atom stereocenters. The van der Waals surface area contributed by atoms with Crippen LogP contribution in [0.1, 0.15) is 58.8 Å². The Labute approximate surface area is 148 Å². The number of rotatable bonds is 4. The summed E-state index contributed by atoms with van der Waals surface area (Å²) in [6.45, 7) is 3.97. The predicted octanol–water partition coefficient (Wildman–Crippen LogP) is 2.85. The summed E-state index contributed by atoms with van der Waals surface area (Å²) in [6.07, 6.45) is 9.67. The molecule has 2 bridgehead atoms. The van der Waals surface area contributed by atoms with Crippen molar-refractivity contribution in [2.75, 3.05) is 0 Å². The molecular formula is C20H24N4O. The number of nitrogens with zero attached hydrogens (tertiary/aromatic N) is 2. The molecule has 4 rings (SSSR count). The van der Waals surface area contributed by atoms with Crippen LogP contribution in [0.15, 0.2) is 36.9 Å². The van der Waals surface area contributed by atoms with E-state index in [0.717, 1.165) is 35.1 Å². The third-order valence-electron chi connectivity index (χ3n) is 5.82. The molecule has 130 valence electrons. The molecule has 2 N–H and O–H groups in total. The van der Waals surface area contributed by atoms with Crippen LogP contribution >= 0.6 is 0 Å². The summed E-state index contributed by atoms with van der Waals surface area (Å²) in [5.41, 5.74) is 3.66. The molecule has 1 amide bonds. The third kappa shape index (κ3) is 2.82. The van der Waals surface area contributed by atoms with Crippen molar-refractivity contribution in [3.63, 3.8) is 0 Å². The topological polar surface area (TPSA) is 66.9 Å². The van der Waals surface area contributed by atoms with Crippen molar-refractivity contribution in [1.29, 1.82) is 0 Å². The molecule has 1 aromatic carbocycles. The molecule has 2 aliphatic rings. The molecule has 3 heterocycles. The van der Waals surface area contributed by atoms with Crippen molar-refractivity contribution >= 4 is 5.91 Å². The standard InChI is InChI=1S/C20H24N4O/c1-13-4-3-5-14(2)17(13)19(25)23-18(15-10-21-12-22-11-15)20-8-6-16(24-20)7-9-20/h3-5,10-12,16,18,24H,6-9H2,1-2H3,(H,23,25)/t16?,18-,20?/m1/s1. The zero-order valence-electron chi connectivity index (χ0n) is 14.7. The number of hydrogen-bond donors (Lipinski definition) is 2. The van der Waals surface area contributed by atoms with Crippen molar-refractivity contribution in [3.8, 4) is 0 Å². The van der Waals surface area contributed by atoms with Gasteiger partial charge >= 0.3 is 0 Å². The number of benzene rings is 1. The average Bonchev–Trinajstić information content (AvgIpc) is 3.22. The zero-order valence-corrected chi connectivity index (χ0v) is 14.7. The molecule has 2 saturated heterocycles. The van der Waals surface area contributed by atoms with Gasteiger partial charge in [0, 0.05) is 35.1 Å². The van der Waals surface area contributed by atoms with Crippen molar-refractivity contribution < 1.29 is 4.79 Å². The third-order valence-corrected chi connectivity index (χ3v) is 5.82. The van der Waals surface area contributed by atoms with Gasteiger partial charge in [0.15, 0.2) is 0 Å². The fraction of sp³-hybridized carbons (Fsp3) is 0.450. The first-order valence-electron chi connectivity index (χ1n) is 8.99. The normalized spacial score (nSPS) is 25.8. The minimum atomic E-state index is -0.118. The molecule has 2 aromatic rings. The highest BCUT2D eigenvalue weighted by Crippen LogP contribution is 2.45. The molecule has 5 nitrogen and oxygen atoms in total. The highest BCUT2D eigenvalue weighted by atomic mass is 16.1. The van der Waals surface area contributed by atoms with Crippen molar-refractivity contribution in [3.05, 3.63) is 59.2 Å². The van der Waals surface area contributed by atoms with Crippen molar-refractivity contribution in [2.24, 2.45) is 0 Å². The van der Waals surface area contributed by atoms with E-state index in [0.29, 0.717) is 6.04 Å². The number of nitrogens with one attached hydrogen (secondary N) is 2. The summed E-state index contributed by atoms with van der Waals surface area (Å²) in [5, 5.41) is 7.07. The van der Waals surface area contributed by atoms with E-state index in [1.807, 2.05) is 44.4 Å². The summed E-state index contributed by atoms with van der Waals surface area (Å²) >= 11 is 0. The molecule has 2 fully saturated rings. The van der Waals surface area contributed by atoms with Crippen LogP contribution < -0.4 is 10.6 Å². The maximum absolute atomic E-state index is 13.1. The Bertz CT molecular complexity index is 761. The molecule has 0 aliphatic carbocycles. The summed E-state index contributed by atoms with van der Waals surface area (Å²) in [4.78, 5) is 21.5. The van der Waals surface area contributed by atoms with E-state index in [1.165, 1.54) is 19.2 Å². The van der Waals surface area contributed by atoms with E-state index < -0.39 is 0 Å². The smallest absolute Gasteiger partial charge is 0.252 e. The number of carbonyl (C=O) groups is 1. The van der Waals surface area contributed by atoms with Gasteiger partial charge in [0.25, 0.3) is 5.91 Å². The van der Waals surface area contributed by atoms with Gasteiger partial charge in [-0.25, -0.2) is 9.97 Å². The molecule has 0 radical (unpaired) electrons. The van der Waals surface area contributed by atoms with Crippen LogP contribution in [0.3, 0.4) is 0 Å². The van der Waals surface area contributed by atoms with Crippen LogP contribution in [0.2, 0.25) is 0 Å². The first-order chi connectivity index (χ1) is 12.1. The zero-order chi connectivity index (χ0) is 17.4. The molecule has 1 aromatic heterocycles. The van der Waals surface area contributed by atoms with Crippen LogP contribution in [-0.2, 0) is 0 Å². The Morgan fingerprint density at radius 2 is 1.84 bits per heavy atom. The highest BCUT2D eigenvalue weighted by Gasteiger charge is 2.50. The number of aryl methyl sites for hydroxylation is 2. The first kappa shape index (κ1) is 16.2. The second-order valence-electron chi connectivity index (χ2n) is 7.42. The van der Waals surface area contributed by atoms with Crippen LogP contribution in [0.4, 0.5) is 0 Å². The van der Waals surface area contributed by atoms with E-state index >= 15 is 0 Å². The minimum Gasteiger partial charge on any atom is -0.343 e. The number of hydrogen-bond acceptors (Lipinski definition) is 4. The Kier molecular flexibility index (Phi) is 4.04. The van der Waals surface area contributed by atoms with Crippen LogP contribution in [-0.4, -0.2) is 27.5 Å². The monoisotopic (exact) mass is 336 g/mol. The van der Waals surface area contributed by atoms with Crippen LogP contribution in [0.25, 0.3) is 0 Å². The van der Waals surface area contributed by atoms with E-state index in [1.54, 1.807) is 0 Å². The molecule has 0 unspecified atom stereocenters. The summed E-state index contributed by atoms with van der Waals surface area (Å²) in [6, 6.07) is 6.42. The quantitative estimate of drug-likeness (QED) is 0.901. The Hall–Kier alpha value is -2.27. The number of aromatic nitrogens is 2. The highest BCUT2D eigenvalue weighted by molar-refractivity contribution is 5.97. The lowest BCUT2D eigenvalue weighted by Crippen LogP contribution is -2.50. The lowest BCUT2D eigenvalue weighted by atomic mass is 9.79. The van der Waals surface area contributed by atoms with Gasteiger partial charge < -0.3 is 10.6 Å². The molecular weight excluding hydrogens is 312 g/mol. The van der Waals surface area contributed by atoms with E-state index in [2.05, 4.69) is 20.6 Å². The lowest BCUT2D eigenvalue weighted by Gasteiger charge is -2.36. The fourth-order valence-electron chi connectivity index (χ4n) is 4.58. The molecule has 5 heteroatoms. The van der Waals surface area contributed by atoms with E-state index in [4.69, 9.17) is 0 Å². The summed E-state index contributed by atoms with van der Waals surface area (Å²) < 4.78 is 0. The first-order valence-corrected chi connectivity index (χ1v) is 8.99. The molecule has 0 saturated carbocycles. The summed E-state index contributed by atoms with van der Waals surface area (Å²) in [5.74, 6) is -0.0176. The second-order valence-corrected chi connectivity index (χ2v) is 7.42. The molecule has 25 heavy (non-hydrogen) atoms. The Balaban J connectivity index is 1.69. The fourth-order valence-corrected chi connectivity index (χ4v) is 4.58. The van der Waals surface area contributed by atoms with Crippen molar-refractivity contribution in [1.82, 2.24) is 20.6 Å². The van der Waals surface area contributed by atoms with Gasteiger partial charge in [0.1, 0.15) is 6.33 Å². The molecule has 0 spiro atoms. The Morgan fingerprint density at radius 1 is 1.20 bits per heavy atom. The van der Waals surface area contributed by atoms with Crippen LogP contribution in [0, 0.1) is 13.8 Å². The largest absolute Gasteiger partial charge is 0.343 e. The average molecular weight is 336 g/mol. The van der Waals surface area contributed by atoms with E-state index in [9.17, 15) is 4.79 Å². The number of amides is 1. The van der Waals surface area contributed by atoms with Gasteiger partial charge in [0.05, 0.1) is 6.04 Å². The van der Waals surface area contributed by atoms with Gasteiger partial charge in [-0.3, -0.25) is 4.79 Å². The number of carbonyl (C=O) groups excluding carboxylic acids is 1. The summed E-state index contributed by atoms with van der Waals surface area (Å²) in [7, 11) is 0. The predicted molar refractivity (Wildman–Crippen MR) is 96.3 cm³/mol. The lowest BCUT2D eigenvalue weighted by molar-refractivity contribution is 0.0906. The number of fused-ring (bicyclic) bond motifs is 2. The second kappa shape index (κ2) is 6.23. The maximum atomic E-state index is 13.1. The molecule has 2 aliphatic heterocycles. The van der Waals surface area contributed by atoms with Crippen LogP contribution in [0.5, 0.6) is 0 Å². The van der Waals surface area contributed by atoms with Crippen molar-refractivity contribution in [2.45, 2.75) is 57.2 Å².